The average molecular weight is 454 g/mol. The molecule has 3 rings (SSSR count). The first kappa shape index (κ1) is 22.6. The number of hydrogen-bond donors (Lipinski definition) is 0. The van der Waals surface area contributed by atoms with Gasteiger partial charge in [-0.1, -0.05) is 0 Å². The molecule has 0 bridgehead atoms. The zero-order valence-electron chi connectivity index (χ0n) is 15.0. The highest BCUT2D eigenvalue weighted by Crippen LogP contribution is 2.19. The third-order valence-corrected chi connectivity index (χ3v) is 4.62. The molecule has 0 aliphatic heterocycles. The summed E-state index contributed by atoms with van der Waals surface area (Å²) in [5, 5.41) is 0. The first-order chi connectivity index (χ1) is 14.4. The predicted octanol–water partition coefficient (Wildman–Crippen LogP) is 4.04. The van der Waals surface area contributed by atoms with Gasteiger partial charge in [-0.15, -0.1) is 0 Å². The lowest BCUT2D eigenvalue weighted by molar-refractivity contribution is 0.459. The summed E-state index contributed by atoms with van der Waals surface area (Å²) in [5.41, 5.74) is -6.47. The van der Waals surface area contributed by atoms with E-state index in [0.717, 1.165) is 0 Å². The Morgan fingerprint density at radius 2 is 0.677 bits per heavy atom. The first-order valence-electron chi connectivity index (χ1n) is 8.18. The smallest absolute Gasteiger partial charge is 0.207 e. The minimum atomic E-state index is -3.07. The van der Waals surface area contributed by atoms with Gasteiger partial charge in [-0.3, -0.25) is 0 Å². The van der Waals surface area contributed by atoms with Crippen molar-refractivity contribution in [1.82, 2.24) is 0 Å². The Kier molecular flexibility index (Phi) is 5.77. The van der Waals surface area contributed by atoms with E-state index in [2.05, 4.69) is 0 Å². The molecule has 0 N–H and O–H groups in total. The minimum absolute atomic E-state index is 0.0248. The zero-order chi connectivity index (χ0) is 23.4. The molecule has 0 nitrogen and oxygen atoms in total. The predicted molar refractivity (Wildman–Crippen MR) is 88.3 cm³/mol. The van der Waals surface area contributed by atoms with Crippen molar-refractivity contribution >= 4 is 23.1 Å². The standard InChI is InChI=1S/C19H6BF11/c1-5-6(21)2-7(22)15(27)12(5)20(13-16(28)8(23)3-9(24)17(13)29)14-18(30)10(25)4-11(26)19(14)31/h2-4H,1H3. The lowest BCUT2D eigenvalue weighted by atomic mass is 9.35. The van der Waals surface area contributed by atoms with Crippen molar-refractivity contribution in [2.75, 3.05) is 0 Å². The molecule has 0 radical (unpaired) electrons. The Balaban J connectivity index is 2.61. The Hall–Kier alpha value is -3.05. The summed E-state index contributed by atoms with van der Waals surface area (Å²) in [6, 6.07) is -0.637. The van der Waals surface area contributed by atoms with E-state index in [9.17, 15) is 48.3 Å². The van der Waals surface area contributed by atoms with Gasteiger partial charge in [-0.05, 0) is 17.9 Å². The molecule has 0 unspecified atom stereocenters. The van der Waals surface area contributed by atoms with Gasteiger partial charge < -0.3 is 0 Å². The maximum Gasteiger partial charge on any atom is 0.261 e. The van der Waals surface area contributed by atoms with Gasteiger partial charge in [-0.2, -0.15) is 0 Å². The van der Waals surface area contributed by atoms with Crippen LogP contribution in [0.25, 0.3) is 0 Å². The summed E-state index contributed by atoms with van der Waals surface area (Å²) in [4.78, 5) is 0. The third-order valence-electron chi connectivity index (χ3n) is 4.62. The van der Waals surface area contributed by atoms with Gasteiger partial charge in [0.2, 0.25) is 0 Å². The molecule has 0 aromatic heterocycles. The molecule has 0 saturated carbocycles. The summed E-state index contributed by atoms with van der Waals surface area (Å²) in [6.45, 7) is -2.39. The fraction of sp³-hybridized carbons (Fsp3) is 0.0526. The van der Waals surface area contributed by atoms with Gasteiger partial charge in [-0.25, -0.2) is 48.3 Å². The summed E-state index contributed by atoms with van der Waals surface area (Å²) in [6.07, 6.45) is 0. The van der Waals surface area contributed by atoms with Crippen LogP contribution in [0.3, 0.4) is 0 Å². The summed E-state index contributed by atoms with van der Waals surface area (Å²) < 4.78 is 155. The van der Waals surface area contributed by atoms with Crippen molar-refractivity contribution in [1.29, 1.82) is 0 Å². The summed E-state index contributed by atoms with van der Waals surface area (Å²) in [7, 11) is 0. The van der Waals surface area contributed by atoms with Gasteiger partial charge in [0.1, 0.15) is 5.82 Å². The van der Waals surface area contributed by atoms with Crippen LogP contribution < -0.4 is 16.4 Å². The van der Waals surface area contributed by atoms with Crippen LogP contribution >= 0.6 is 0 Å². The first-order valence-corrected chi connectivity index (χ1v) is 8.18. The molecule has 12 heteroatoms. The highest BCUT2D eigenvalue weighted by atomic mass is 19.2. The fourth-order valence-electron chi connectivity index (χ4n) is 3.17. The van der Waals surface area contributed by atoms with Crippen LogP contribution in [0, 0.1) is 70.9 Å². The van der Waals surface area contributed by atoms with Gasteiger partial charge in [0.15, 0.2) is 58.2 Å². The van der Waals surface area contributed by atoms with E-state index in [-0.39, 0.29) is 18.2 Å². The topological polar surface area (TPSA) is 0 Å². The van der Waals surface area contributed by atoms with E-state index in [0.29, 0.717) is 6.92 Å². The summed E-state index contributed by atoms with van der Waals surface area (Å²) in [5.74, 6) is -23.6. The second-order valence-corrected chi connectivity index (χ2v) is 6.39. The maximum absolute atomic E-state index is 14.6. The van der Waals surface area contributed by atoms with Gasteiger partial charge >= 0.3 is 0 Å². The lowest BCUT2D eigenvalue weighted by Gasteiger charge is -2.22. The number of hydrogen-bond acceptors (Lipinski definition) is 0. The van der Waals surface area contributed by atoms with Gasteiger partial charge in [0.05, 0.1) is 0 Å². The molecule has 0 amide bonds. The van der Waals surface area contributed by atoms with Crippen molar-refractivity contribution in [2.24, 2.45) is 0 Å². The molecule has 3 aromatic rings. The second kappa shape index (κ2) is 7.90. The van der Waals surface area contributed by atoms with Crippen LogP contribution in [0.1, 0.15) is 5.56 Å². The molecular formula is C19H6BF11. The SMILES string of the molecule is Cc1c(F)cc(F)c(F)c1B(c1c(F)c(F)cc(F)c1F)c1c(F)c(F)cc(F)c1F. The fourth-order valence-corrected chi connectivity index (χ4v) is 3.17. The third kappa shape index (κ3) is 3.53. The molecule has 0 spiro atoms. The van der Waals surface area contributed by atoms with Crippen LogP contribution in [-0.2, 0) is 0 Å². The van der Waals surface area contributed by atoms with E-state index in [4.69, 9.17) is 0 Å². The van der Waals surface area contributed by atoms with E-state index >= 15 is 0 Å². The largest absolute Gasteiger partial charge is 0.261 e. The Morgan fingerprint density at radius 3 is 1.00 bits per heavy atom. The number of halogens is 11. The Morgan fingerprint density at radius 1 is 0.419 bits per heavy atom. The molecule has 0 aliphatic rings. The highest BCUT2D eigenvalue weighted by molar-refractivity contribution is 6.96. The number of rotatable bonds is 3. The van der Waals surface area contributed by atoms with Crippen molar-refractivity contribution in [3.63, 3.8) is 0 Å². The molecular weight excluding hydrogens is 448 g/mol. The van der Waals surface area contributed by atoms with Crippen LogP contribution in [0.15, 0.2) is 18.2 Å². The molecule has 0 fully saturated rings. The molecule has 0 atom stereocenters. The summed E-state index contributed by atoms with van der Waals surface area (Å²) >= 11 is 0. The Labute approximate surface area is 167 Å². The maximum atomic E-state index is 14.6. The van der Waals surface area contributed by atoms with Crippen LogP contribution in [-0.4, -0.2) is 6.71 Å². The van der Waals surface area contributed by atoms with Crippen molar-refractivity contribution in [2.45, 2.75) is 6.92 Å². The van der Waals surface area contributed by atoms with Crippen molar-refractivity contribution in [3.05, 3.63) is 87.8 Å². The molecule has 0 saturated heterocycles. The monoisotopic (exact) mass is 454 g/mol. The second-order valence-electron chi connectivity index (χ2n) is 6.39. The van der Waals surface area contributed by atoms with Crippen LogP contribution in [0.2, 0.25) is 0 Å². The van der Waals surface area contributed by atoms with E-state index in [1.54, 1.807) is 0 Å². The van der Waals surface area contributed by atoms with Gasteiger partial charge in [0.25, 0.3) is 6.71 Å². The average Bonchev–Trinajstić information content (AvgIpc) is 2.69. The van der Waals surface area contributed by atoms with Crippen molar-refractivity contribution < 1.29 is 48.3 Å². The van der Waals surface area contributed by atoms with E-state index < -0.39 is 92.7 Å². The van der Waals surface area contributed by atoms with Gasteiger partial charge in [0, 0.05) is 29.1 Å². The number of benzene rings is 3. The van der Waals surface area contributed by atoms with E-state index in [1.807, 2.05) is 0 Å². The van der Waals surface area contributed by atoms with Crippen molar-refractivity contribution in [3.8, 4) is 0 Å². The molecule has 3 aromatic carbocycles. The quantitative estimate of drug-likeness (QED) is 0.319. The lowest BCUT2D eigenvalue weighted by Crippen LogP contribution is -2.60. The Bertz CT molecular complexity index is 993. The highest BCUT2D eigenvalue weighted by Gasteiger charge is 2.41. The molecule has 162 valence electrons. The van der Waals surface area contributed by atoms with Crippen LogP contribution in [0.5, 0.6) is 0 Å². The zero-order valence-corrected chi connectivity index (χ0v) is 15.0. The molecule has 0 aliphatic carbocycles. The van der Waals surface area contributed by atoms with E-state index in [1.165, 1.54) is 0 Å². The van der Waals surface area contributed by atoms with Crippen LogP contribution in [0.4, 0.5) is 48.3 Å². The minimum Gasteiger partial charge on any atom is -0.207 e. The molecule has 0 heterocycles. The normalized spacial score (nSPS) is 11.2. The molecule has 31 heavy (non-hydrogen) atoms.